The number of imidazole rings is 1. The first-order valence-electron chi connectivity index (χ1n) is 6.47. The number of hydrogen-bond acceptors (Lipinski definition) is 2. The molecule has 0 saturated heterocycles. The maximum atomic E-state index is 11.9. The average Bonchev–Trinajstić information content (AvgIpc) is 2.89. The second-order valence-electron chi connectivity index (χ2n) is 4.86. The number of nitrogens with one attached hydrogen (secondary N) is 2. The van der Waals surface area contributed by atoms with Gasteiger partial charge in [-0.05, 0) is 18.4 Å². The first kappa shape index (κ1) is 13.3. The largest absolute Gasteiger partial charge is 0.351 e. The normalized spacial score (nSPS) is 10.7. The van der Waals surface area contributed by atoms with Gasteiger partial charge >= 0.3 is 0 Å². The Labute approximate surface area is 113 Å². The molecule has 0 aliphatic rings. The van der Waals surface area contributed by atoms with E-state index in [0.717, 1.165) is 12.0 Å². The third-order valence-electron chi connectivity index (χ3n) is 2.81. The molecule has 1 heterocycles. The van der Waals surface area contributed by atoms with Gasteiger partial charge in [0.05, 0.1) is 0 Å². The predicted molar refractivity (Wildman–Crippen MR) is 74.6 cm³/mol. The van der Waals surface area contributed by atoms with Crippen LogP contribution in [0, 0.1) is 12.0 Å². The van der Waals surface area contributed by atoms with Crippen LogP contribution < -0.4 is 5.32 Å². The molecule has 19 heavy (non-hydrogen) atoms. The first-order chi connectivity index (χ1) is 9.16. The van der Waals surface area contributed by atoms with Crippen LogP contribution in [0.15, 0.2) is 30.5 Å². The molecule has 0 fully saturated rings. The molecular formula is C15H18N3O. The number of aromatic amines is 1. The highest BCUT2D eigenvalue weighted by molar-refractivity contribution is 5.92. The molecule has 2 N–H and O–H groups in total. The van der Waals surface area contributed by atoms with E-state index in [1.807, 2.05) is 24.3 Å². The zero-order valence-corrected chi connectivity index (χ0v) is 11.2. The standard InChI is InChI=1S/C15H18N3O/c1-11(2)8-9-16-15(19)13-10-17-14(18-13)12-6-4-3-5-7-12/h4-7,10-11H,8-9H2,1-2H3,(H,16,19)(H,17,18). The van der Waals surface area contributed by atoms with Crippen LogP contribution in [0.5, 0.6) is 0 Å². The van der Waals surface area contributed by atoms with Crippen LogP contribution >= 0.6 is 0 Å². The molecule has 0 atom stereocenters. The zero-order chi connectivity index (χ0) is 13.7. The van der Waals surface area contributed by atoms with Crippen LogP contribution in [-0.4, -0.2) is 22.4 Å². The maximum Gasteiger partial charge on any atom is 0.271 e. The third-order valence-corrected chi connectivity index (χ3v) is 2.81. The number of carbonyl (C=O) groups is 1. The molecule has 4 nitrogen and oxygen atoms in total. The molecule has 2 rings (SSSR count). The Morgan fingerprint density at radius 3 is 2.84 bits per heavy atom. The lowest BCUT2D eigenvalue weighted by Crippen LogP contribution is -2.25. The van der Waals surface area contributed by atoms with Gasteiger partial charge < -0.3 is 10.3 Å². The van der Waals surface area contributed by atoms with E-state index in [2.05, 4.69) is 35.2 Å². The van der Waals surface area contributed by atoms with Crippen molar-refractivity contribution in [1.82, 2.24) is 15.3 Å². The summed E-state index contributed by atoms with van der Waals surface area (Å²) in [6.07, 6.45) is 2.61. The van der Waals surface area contributed by atoms with Crippen molar-refractivity contribution in [2.75, 3.05) is 6.54 Å². The highest BCUT2D eigenvalue weighted by Gasteiger charge is 2.10. The molecule has 1 aromatic carbocycles. The lowest BCUT2D eigenvalue weighted by molar-refractivity contribution is 0.0947. The van der Waals surface area contributed by atoms with E-state index >= 15 is 0 Å². The SMILES string of the molecule is CC(C)CCNC(=O)c1c[nH]c(-c2cc[c]cc2)n1. The minimum atomic E-state index is -0.134. The van der Waals surface area contributed by atoms with E-state index in [1.54, 1.807) is 6.20 Å². The molecule has 99 valence electrons. The van der Waals surface area contributed by atoms with Crippen molar-refractivity contribution < 1.29 is 4.79 Å². The topological polar surface area (TPSA) is 57.8 Å². The number of hydrogen-bond donors (Lipinski definition) is 2. The molecular weight excluding hydrogens is 238 g/mol. The Hall–Kier alpha value is -2.10. The number of aromatic nitrogens is 2. The van der Waals surface area contributed by atoms with Crippen LogP contribution in [0.3, 0.4) is 0 Å². The van der Waals surface area contributed by atoms with Gasteiger partial charge in [-0.2, -0.15) is 0 Å². The third kappa shape index (κ3) is 3.68. The summed E-state index contributed by atoms with van der Waals surface area (Å²) in [6, 6.07) is 10.4. The fraction of sp³-hybridized carbons (Fsp3) is 0.333. The van der Waals surface area contributed by atoms with Gasteiger partial charge in [0, 0.05) is 18.3 Å². The zero-order valence-electron chi connectivity index (χ0n) is 11.2. The number of nitrogens with zero attached hydrogens (tertiary/aromatic N) is 1. The van der Waals surface area contributed by atoms with E-state index in [9.17, 15) is 4.79 Å². The highest BCUT2D eigenvalue weighted by atomic mass is 16.1. The first-order valence-corrected chi connectivity index (χ1v) is 6.47. The smallest absolute Gasteiger partial charge is 0.271 e. The summed E-state index contributed by atoms with van der Waals surface area (Å²) in [6.45, 7) is 4.94. The minimum Gasteiger partial charge on any atom is -0.351 e. The van der Waals surface area contributed by atoms with Gasteiger partial charge in [0.15, 0.2) is 0 Å². The monoisotopic (exact) mass is 256 g/mol. The summed E-state index contributed by atoms with van der Waals surface area (Å²) < 4.78 is 0. The molecule has 1 amide bonds. The molecule has 0 spiro atoms. The summed E-state index contributed by atoms with van der Waals surface area (Å²) in [4.78, 5) is 19.2. The van der Waals surface area contributed by atoms with Crippen LogP contribution in [0.2, 0.25) is 0 Å². The summed E-state index contributed by atoms with van der Waals surface area (Å²) in [7, 11) is 0. The Morgan fingerprint density at radius 1 is 1.42 bits per heavy atom. The van der Waals surface area contributed by atoms with Crippen LogP contribution in [-0.2, 0) is 0 Å². The molecule has 2 aromatic rings. The van der Waals surface area contributed by atoms with Crippen molar-refractivity contribution in [1.29, 1.82) is 0 Å². The lowest BCUT2D eigenvalue weighted by atomic mass is 10.1. The van der Waals surface area contributed by atoms with Crippen molar-refractivity contribution in [3.05, 3.63) is 42.2 Å². The van der Waals surface area contributed by atoms with Gasteiger partial charge in [0.2, 0.25) is 0 Å². The number of benzene rings is 1. The maximum absolute atomic E-state index is 11.9. The molecule has 4 heteroatoms. The van der Waals surface area contributed by atoms with Gasteiger partial charge in [0.25, 0.3) is 5.91 Å². The fourth-order valence-electron chi connectivity index (χ4n) is 1.70. The molecule has 0 aliphatic heterocycles. The van der Waals surface area contributed by atoms with E-state index in [4.69, 9.17) is 0 Å². The summed E-state index contributed by atoms with van der Waals surface area (Å²) >= 11 is 0. The lowest BCUT2D eigenvalue weighted by Gasteiger charge is -2.05. The van der Waals surface area contributed by atoms with Gasteiger partial charge in [-0.25, -0.2) is 4.98 Å². The number of carbonyl (C=O) groups excluding carboxylic acids is 1. The molecule has 1 aromatic heterocycles. The van der Waals surface area contributed by atoms with Gasteiger partial charge in [-0.1, -0.05) is 38.1 Å². The van der Waals surface area contributed by atoms with E-state index < -0.39 is 0 Å². The minimum absolute atomic E-state index is 0.134. The van der Waals surface area contributed by atoms with E-state index in [0.29, 0.717) is 24.0 Å². The number of amides is 1. The van der Waals surface area contributed by atoms with Gasteiger partial charge in [-0.3, -0.25) is 4.79 Å². The van der Waals surface area contributed by atoms with Gasteiger partial charge in [-0.15, -0.1) is 0 Å². The second kappa shape index (κ2) is 6.18. The summed E-state index contributed by atoms with van der Waals surface area (Å²) in [5, 5.41) is 2.87. The predicted octanol–water partition coefficient (Wildman–Crippen LogP) is 2.65. The Kier molecular flexibility index (Phi) is 4.34. The molecule has 0 aliphatic carbocycles. The van der Waals surface area contributed by atoms with Crippen molar-refractivity contribution in [2.24, 2.45) is 5.92 Å². The van der Waals surface area contributed by atoms with Crippen molar-refractivity contribution in [2.45, 2.75) is 20.3 Å². The molecule has 1 radical (unpaired) electrons. The highest BCUT2D eigenvalue weighted by Crippen LogP contribution is 2.14. The van der Waals surface area contributed by atoms with Crippen LogP contribution in [0.25, 0.3) is 11.4 Å². The van der Waals surface area contributed by atoms with E-state index in [1.165, 1.54) is 0 Å². The van der Waals surface area contributed by atoms with Crippen LogP contribution in [0.1, 0.15) is 30.8 Å². The van der Waals surface area contributed by atoms with Crippen molar-refractivity contribution in [3.8, 4) is 11.4 Å². The Balaban J connectivity index is 1.99. The molecule has 0 unspecified atom stereocenters. The number of H-pyrrole nitrogens is 1. The Bertz CT molecular complexity index is 531. The number of rotatable bonds is 5. The Morgan fingerprint density at radius 2 is 2.16 bits per heavy atom. The molecule has 0 bridgehead atoms. The second-order valence-corrected chi connectivity index (χ2v) is 4.86. The fourth-order valence-corrected chi connectivity index (χ4v) is 1.70. The van der Waals surface area contributed by atoms with Crippen molar-refractivity contribution in [3.63, 3.8) is 0 Å². The summed E-state index contributed by atoms with van der Waals surface area (Å²) in [5.41, 5.74) is 1.37. The average molecular weight is 256 g/mol. The van der Waals surface area contributed by atoms with Crippen molar-refractivity contribution >= 4 is 5.91 Å². The van der Waals surface area contributed by atoms with E-state index in [-0.39, 0.29) is 5.91 Å². The summed E-state index contributed by atoms with van der Waals surface area (Å²) in [5.74, 6) is 1.14. The molecule has 0 saturated carbocycles. The quantitative estimate of drug-likeness (QED) is 0.864. The van der Waals surface area contributed by atoms with Gasteiger partial charge in [0.1, 0.15) is 11.5 Å². The van der Waals surface area contributed by atoms with Crippen LogP contribution in [0.4, 0.5) is 0 Å².